The highest BCUT2D eigenvalue weighted by atomic mass is 16.3. The molecule has 0 aromatic carbocycles. The minimum Gasteiger partial charge on any atom is -0.469 e. The molecule has 0 N–H and O–H groups in total. The summed E-state index contributed by atoms with van der Waals surface area (Å²) in [6.45, 7) is 4.48. The van der Waals surface area contributed by atoms with Crippen molar-refractivity contribution in [3.05, 3.63) is 35.5 Å². The number of rotatable bonds is 4. The standard InChI is InChI=1S/C11H13N3O2/c1-3-5-14-10(7-12-13-14)11(15)9-4-6-16-8(9)2/h4,6-7H,3,5H2,1-2H3. The number of aromatic nitrogens is 3. The Hall–Kier alpha value is -1.91. The molecule has 0 saturated carbocycles. The number of ketones is 1. The Bertz CT molecular complexity index is 499. The fourth-order valence-electron chi connectivity index (χ4n) is 1.57. The van der Waals surface area contributed by atoms with Crippen molar-refractivity contribution in [1.82, 2.24) is 15.0 Å². The molecule has 2 rings (SSSR count). The summed E-state index contributed by atoms with van der Waals surface area (Å²) in [4.78, 5) is 12.1. The van der Waals surface area contributed by atoms with Crippen LogP contribution in [0.5, 0.6) is 0 Å². The molecule has 0 amide bonds. The Balaban J connectivity index is 2.34. The highest BCUT2D eigenvalue weighted by Crippen LogP contribution is 2.14. The van der Waals surface area contributed by atoms with Crippen LogP contribution in [0.3, 0.4) is 0 Å². The lowest BCUT2D eigenvalue weighted by Crippen LogP contribution is -2.11. The SMILES string of the molecule is CCCn1nncc1C(=O)c1ccoc1C. The molecule has 0 unspecified atom stereocenters. The van der Waals surface area contributed by atoms with Crippen molar-refractivity contribution in [3.63, 3.8) is 0 Å². The summed E-state index contributed by atoms with van der Waals surface area (Å²) < 4.78 is 6.73. The molecule has 0 aliphatic carbocycles. The van der Waals surface area contributed by atoms with Crippen LogP contribution in [0.4, 0.5) is 0 Å². The molecule has 0 radical (unpaired) electrons. The third kappa shape index (κ3) is 1.76. The number of carbonyl (C=O) groups is 1. The maximum Gasteiger partial charge on any atom is 0.216 e. The van der Waals surface area contributed by atoms with Crippen LogP contribution in [0.1, 0.15) is 35.2 Å². The van der Waals surface area contributed by atoms with Gasteiger partial charge in [-0.15, -0.1) is 5.10 Å². The summed E-state index contributed by atoms with van der Waals surface area (Å²) in [5, 5.41) is 7.64. The van der Waals surface area contributed by atoms with Gasteiger partial charge in [0, 0.05) is 6.54 Å². The summed E-state index contributed by atoms with van der Waals surface area (Å²) in [6, 6.07) is 1.67. The Morgan fingerprint density at radius 3 is 3.00 bits per heavy atom. The van der Waals surface area contributed by atoms with Gasteiger partial charge < -0.3 is 4.42 Å². The third-order valence-corrected chi connectivity index (χ3v) is 2.39. The molecular formula is C11H13N3O2. The smallest absolute Gasteiger partial charge is 0.216 e. The maximum absolute atomic E-state index is 12.1. The molecule has 2 aromatic rings. The molecule has 84 valence electrons. The molecule has 0 atom stereocenters. The first-order chi connectivity index (χ1) is 7.74. The van der Waals surface area contributed by atoms with E-state index in [4.69, 9.17) is 4.42 Å². The van der Waals surface area contributed by atoms with E-state index in [1.54, 1.807) is 17.7 Å². The normalized spacial score (nSPS) is 10.6. The predicted octanol–water partition coefficient (Wildman–Crippen LogP) is 1.82. The van der Waals surface area contributed by atoms with Crippen molar-refractivity contribution in [2.24, 2.45) is 0 Å². The van der Waals surface area contributed by atoms with Crippen molar-refractivity contribution < 1.29 is 9.21 Å². The number of furan rings is 1. The van der Waals surface area contributed by atoms with Crippen LogP contribution < -0.4 is 0 Å². The zero-order valence-corrected chi connectivity index (χ0v) is 9.30. The molecule has 2 heterocycles. The van der Waals surface area contributed by atoms with Gasteiger partial charge in [-0.1, -0.05) is 12.1 Å². The quantitative estimate of drug-likeness (QED) is 0.736. The first-order valence-corrected chi connectivity index (χ1v) is 5.21. The zero-order chi connectivity index (χ0) is 11.5. The average molecular weight is 219 g/mol. The molecule has 0 aliphatic rings. The van der Waals surface area contributed by atoms with E-state index >= 15 is 0 Å². The fourth-order valence-corrected chi connectivity index (χ4v) is 1.57. The molecule has 0 bridgehead atoms. The second kappa shape index (κ2) is 4.30. The monoisotopic (exact) mass is 219 g/mol. The topological polar surface area (TPSA) is 60.9 Å². The van der Waals surface area contributed by atoms with E-state index in [0.29, 0.717) is 23.6 Å². The Morgan fingerprint density at radius 2 is 2.38 bits per heavy atom. The second-order valence-electron chi connectivity index (χ2n) is 3.56. The van der Waals surface area contributed by atoms with Gasteiger partial charge in [-0.2, -0.15) is 0 Å². The van der Waals surface area contributed by atoms with Gasteiger partial charge in [0.2, 0.25) is 5.78 Å². The van der Waals surface area contributed by atoms with Gasteiger partial charge in [0.05, 0.1) is 18.0 Å². The molecule has 16 heavy (non-hydrogen) atoms. The molecule has 0 spiro atoms. The Morgan fingerprint density at radius 1 is 1.56 bits per heavy atom. The molecule has 5 heteroatoms. The summed E-state index contributed by atoms with van der Waals surface area (Å²) in [6.07, 6.45) is 3.91. The lowest BCUT2D eigenvalue weighted by molar-refractivity contribution is 0.102. The van der Waals surface area contributed by atoms with Crippen LogP contribution in [-0.2, 0) is 6.54 Å². The largest absolute Gasteiger partial charge is 0.469 e. The highest BCUT2D eigenvalue weighted by molar-refractivity contribution is 6.08. The van der Waals surface area contributed by atoms with E-state index in [-0.39, 0.29) is 5.78 Å². The number of carbonyl (C=O) groups excluding carboxylic acids is 1. The van der Waals surface area contributed by atoms with Crippen molar-refractivity contribution in [2.45, 2.75) is 26.8 Å². The van der Waals surface area contributed by atoms with Crippen LogP contribution >= 0.6 is 0 Å². The molecule has 2 aromatic heterocycles. The molecule has 5 nitrogen and oxygen atoms in total. The first-order valence-electron chi connectivity index (χ1n) is 5.21. The summed E-state index contributed by atoms with van der Waals surface area (Å²) in [5.41, 5.74) is 1.08. The van der Waals surface area contributed by atoms with Gasteiger partial charge in [-0.3, -0.25) is 4.79 Å². The fraction of sp³-hybridized carbons (Fsp3) is 0.364. The first kappa shape index (κ1) is 10.6. The van der Waals surface area contributed by atoms with Crippen LogP contribution in [0.25, 0.3) is 0 Å². The summed E-state index contributed by atoms with van der Waals surface area (Å²) in [7, 11) is 0. The Labute approximate surface area is 93.1 Å². The van der Waals surface area contributed by atoms with Gasteiger partial charge in [-0.05, 0) is 19.4 Å². The molecule has 0 aliphatic heterocycles. The third-order valence-electron chi connectivity index (χ3n) is 2.39. The minimum absolute atomic E-state index is 0.0929. The van der Waals surface area contributed by atoms with Gasteiger partial charge in [0.1, 0.15) is 11.5 Å². The van der Waals surface area contributed by atoms with E-state index < -0.39 is 0 Å². The van der Waals surface area contributed by atoms with E-state index in [9.17, 15) is 4.79 Å². The average Bonchev–Trinajstić information content (AvgIpc) is 2.87. The summed E-state index contributed by atoms with van der Waals surface area (Å²) >= 11 is 0. The van der Waals surface area contributed by atoms with Crippen LogP contribution in [0.15, 0.2) is 22.9 Å². The molecule has 0 fully saturated rings. The van der Waals surface area contributed by atoms with Gasteiger partial charge in [-0.25, -0.2) is 4.68 Å². The van der Waals surface area contributed by atoms with E-state index in [1.807, 2.05) is 6.92 Å². The zero-order valence-electron chi connectivity index (χ0n) is 9.30. The second-order valence-corrected chi connectivity index (χ2v) is 3.56. The lowest BCUT2D eigenvalue weighted by Gasteiger charge is -2.02. The maximum atomic E-state index is 12.1. The molecule has 0 saturated heterocycles. The van der Waals surface area contributed by atoms with Crippen LogP contribution in [0.2, 0.25) is 0 Å². The number of nitrogens with zero attached hydrogens (tertiary/aromatic N) is 3. The van der Waals surface area contributed by atoms with Crippen LogP contribution in [0, 0.1) is 6.92 Å². The number of hydrogen-bond donors (Lipinski definition) is 0. The lowest BCUT2D eigenvalue weighted by atomic mass is 10.1. The van der Waals surface area contributed by atoms with Crippen molar-refractivity contribution in [3.8, 4) is 0 Å². The Kier molecular flexibility index (Phi) is 2.85. The van der Waals surface area contributed by atoms with Crippen molar-refractivity contribution >= 4 is 5.78 Å². The minimum atomic E-state index is -0.0929. The van der Waals surface area contributed by atoms with Gasteiger partial charge in [0.25, 0.3) is 0 Å². The number of aryl methyl sites for hydroxylation is 2. The number of hydrogen-bond acceptors (Lipinski definition) is 4. The summed E-state index contributed by atoms with van der Waals surface area (Å²) in [5.74, 6) is 0.527. The molecular weight excluding hydrogens is 206 g/mol. The van der Waals surface area contributed by atoms with E-state index in [1.165, 1.54) is 12.5 Å². The van der Waals surface area contributed by atoms with Crippen LogP contribution in [-0.4, -0.2) is 20.8 Å². The predicted molar refractivity (Wildman–Crippen MR) is 57.2 cm³/mol. The van der Waals surface area contributed by atoms with Crippen molar-refractivity contribution in [1.29, 1.82) is 0 Å². The van der Waals surface area contributed by atoms with Gasteiger partial charge >= 0.3 is 0 Å². The van der Waals surface area contributed by atoms with Gasteiger partial charge in [0.15, 0.2) is 0 Å². The van der Waals surface area contributed by atoms with E-state index in [2.05, 4.69) is 10.3 Å². The van der Waals surface area contributed by atoms with E-state index in [0.717, 1.165) is 6.42 Å². The highest BCUT2D eigenvalue weighted by Gasteiger charge is 2.18. The van der Waals surface area contributed by atoms with Crippen molar-refractivity contribution in [2.75, 3.05) is 0 Å².